The van der Waals surface area contributed by atoms with Gasteiger partial charge in [0.05, 0.1) is 14.2 Å². The molecular formula is C15H24N2O2. The van der Waals surface area contributed by atoms with Crippen LogP contribution in [0.3, 0.4) is 0 Å². The molecule has 1 saturated heterocycles. The molecular weight excluding hydrogens is 240 g/mol. The Morgan fingerprint density at radius 3 is 2.58 bits per heavy atom. The van der Waals surface area contributed by atoms with E-state index in [4.69, 9.17) is 9.47 Å². The lowest BCUT2D eigenvalue weighted by Crippen LogP contribution is -2.53. The van der Waals surface area contributed by atoms with Gasteiger partial charge in [-0.25, -0.2) is 0 Å². The molecule has 0 aliphatic carbocycles. The summed E-state index contributed by atoms with van der Waals surface area (Å²) in [5, 5.41) is 3.47. The van der Waals surface area contributed by atoms with Gasteiger partial charge in [-0.2, -0.15) is 0 Å². The molecule has 0 aromatic heterocycles. The second-order valence-corrected chi connectivity index (χ2v) is 5.25. The number of anilines is 1. The molecule has 1 aromatic rings. The van der Waals surface area contributed by atoms with E-state index in [-0.39, 0.29) is 0 Å². The van der Waals surface area contributed by atoms with Crippen LogP contribution in [0.4, 0.5) is 5.69 Å². The predicted molar refractivity (Wildman–Crippen MR) is 78.4 cm³/mol. The molecule has 4 heteroatoms. The Kier molecular flexibility index (Phi) is 4.53. The third-order valence-corrected chi connectivity index (χ3v) is 3.75. The maximum Gasteiger partial charge on any atom is 0.162 e. The molecule has 0 saturated carbocycles. The van der Waals surface area contributed by atoms with E-state index in [1.807, 2.05) is 6.07 Å². The van der Waals surface area contributed by atoms with E-state index in [2.05, 4.69) is 36.2 Å². The number of nitrogens with zero attached hydrogens (tertiary/aromatic N) is 1. The van der Waals surface area contributed by atoms with Crippen LogP contribution < -0.4 is 19.7 Å². The zero-order chi connectivity index (χ0) is 13.8. The molecule has 4 nitrogen and oxygen atoms in total. The van der Waals surface area contributed by atoms with E-state index in [1.165, 1.54) is 5.69 Å². The number of nitrogens with one attached hydrogen (secondary N) is 1. The lowest BCUT2D eigenvalue weighted by atomic mass is 9.99. The maximum atomic E-state index is 5.40. The second kappa shape index (κ2) is 6.15. The van der Waals surface area contributed by atoms with E-state index in [1.54, 1.807) is 14.2 Å². The van der Waals surface area contributed by atoms with Crippen LogP contribution in [0.5, 0.6) is 11.5 Å². The molecule has 0 radical (unpaired) electrons. The zero-order valence-corrected chi connectivity index (χ0v) is 12.3. The Labute approximate surface area is 115 Å². The van der Waals surface area contributed by atoms with Crippen molar-refractivity contribution in [1.82, 2.24) is 5.32 Å². The molecule has 1 N–H and O–H groups in total. The highest BCUT2D eigenvalue weighted by molar-refractivity contribution is 5.57. The average molecular weight is 264 g/mol. The van der Waals surface area contributed by atoms with Crippen molar-refractivity contribution in [2.75, 3.05) is 38.8 Å². The third kappa shape index (κ3) is 2.95. The van der Waals surface area contributed by atoms with Crippen LogP contribution >= 0.6 is 0 Å². The molecule has 0 spiro atoms. The summed E-state index contributed by atoms with van der Waals surface area (Å²) in [5.74, 6) is 2.18. The van der Waals surface area contributed by atoms with Crippen LogP contribution in [0.25, 0.3) is 0 Å². The van der Waals surface area contributed by atoms with Crippen LogP contribution in [-0.2, 0) is 0 Å². The van der Waals surface area contributed by atoms with Gasteiger partial charge in [-0.1, -0.05) is 13.8 Å². The van der Waals surface area contributed by atoms with Crippen molar-refractivity contribution in [3.8, 4) is 11.5 Å². The van der Waals surface area contributed by atoms with E-state index < -0.39 is 0 Å². The lowest BCUT2D eigenvalue weighted by molar-refractivity contribution is 0.353. The number of hydrogen-bond acceptors (Lipinski definition) is 4. The smallest absolute Gasteiger partial charge is 0.162 e. The standard InChI is InChI=1S/C15H24N2O2/c1-11(2)13-10-16-7-8-17(13)12-5-6-14(18-3)15(9-12)19-4/h5-6,9,11,13,16H,7-8,10H2,1-4H3. The third-order valence-electron chi connectivity index (χ3n) is 3.75. The summed E-state index contributed by atoms with van der Waals surface area (Å²) in [6.07, 6.45) is 0. The van der Waals surface area contributed by atoms with Crippen molar-refractivity contribution in [2.24, 2.45) is 5.92 Å². The molecule has 0 bridgehead atoms. The minimum Gasteiger partial charge on any atom is -0.493 e. The topological polar surface area (TPSA) is 33.7 Å². The minimum absolute atomic E-state index is 0.520. The highest BCUT2D eigenvalue weighted by Crippen LogP contribution is 2.33. The minimum atomic E-state index is 0.520. The molecule has 1 aliphatic rings. The van der Waals surface area contributed by atoms with Gasteiger partial charge >= 0.3 is 0 Å². The first-order valence-corrected chi connectivity index (χ1v) is 6.86. The van der Waals surface area contributed by atoms with Crippen molar-refractivity contribution in [2.45, 2.75) is 19.9 Å². The Bertz CT molecular complexity index is 421. The maximum absolute atomic E-state index is 5.40. The fourth-order valence-electron chi connectivity index (χ4n) is 2.65. The average Bonchev–Trinajstić information content (AvgIpc) is 2.46. The molecule has 1 unspecified atom stereocenters. The van der Waals surface area contributed by atoms with Crippen molar-refractivity contribution in [1.29, 1.82) is 0 Å². The number of ether oxygens (including phenoxy) is 2. The van der Waals surface area contributed by atoms with Crippen LogP contribution in [0, 0.1) is 5.92 Å². The Morgan fingerprint density at radius 1 is 1.21 bits per heavy atom. The van der Waals surface area contributed by atoms with E-state index >= 15 is 0 Å². The first-order chi connectivity index (χ1) is 9.17. The van der Waals surface area contributed by atoms with Crippen LogP contribution in [0.1, 0.15) is 13.8 Å². The van der Waals surface area contributed by atoms with E-state index in [0.717, 1.165) is 31.1 Å². The molecule has 1 heterocycles. The molecule has 2 rings (SSSR count). The number of benzene rings is 1. The largest absolute Gasteiger partial charge is 0.493 e. The quantitative estimate of drug-likeness (QED) is 0.903. The van der Waals surface area contributed by atoms with Crippen LogP contribution in [-0.4, -0.2) is 39.9 Å². The van der Waals surface area contributed by atoms with Crippen molar-refractivity contribution >= 4 is 5.69 Å². The number of rotatable bonds is 4. The number of piperazine rings is 1. The highest BCUT2D eigenvalue weighted by atomic mass is 16.5. The summed E-state index contributed by atoms with van der Waals surface area (Å²) in [6.45, 7) is 7.62. The monoisotopic (exact) mass is 264 g/mol. The summed E-state index contributed by atoms with van der Waals surface area (Å²) in [6, 6.07) is 6.68. The van der Waals surface area contributed by atoms with Crippen LogP contribution in [0.15, 0.2) is 18.2 Å². The Morgan fingerprint density at radius 2 is 1.95 bits per heavy atom. The SMILES string of the molecule is COc1ccc(N2CCNCC2C(C)C)cc1OC. The van der Waals surface area contributed by atoms with Gasteiger partial charge in [0, 0.05) is 37.4 Å². The molecule has 0 amide bonds. The Balaban J connectivity index is 2.28. The summed E-state index contributed by atoms with van der Waals surface area (Å²) < 4.78 is 10.7. The molecule has 19 heavy (non-hydrogen) atoms. The van der Waals surface area contributed by atoms with Gasteiger partial charge in [-0.3, -0.25) is 0 Å². The van der Waals surface area contributed by atoms with E-state index in [0.29, 0.717) is 12.0 Å². The zero-order valence-electron chi connectivity index (χ0n) is 12.3. The second-order valence-electron chi connectivity index (χ2n) is 5.25. The predicted octanol–water partition coefficient (Wildman–Crippen LogP) is 2.14. The van der Waals surface area contributed by atoms with Gasteiger partial charge in [-0.05, 0) is 18.1 Å². The van der Waals surface area contributed by atoms with Gasteiger partial charge in [0.1, 0.15) is 0 Å². The van der Waals surface area contributed by atoms with Crippen molar-refractivity contribution in [3.63, 3.8) is 0 Å². The normalized spacial score (nSPS) is 19.6. The number of methoxy groups -OCH3 is 2. The fourth-order valence-corrected chi connectivity index (χ4v) is 2.65. The fraction of sp³-hybridized carbons (Fsp3) is 0.600. The van der Waals surface area contributed by atoms with E-state index in [9.17, 15) is 0 Å². The summed E-state index contributed by atoms with van der Waals surface area (Å²) in [5.41, 5.74) is 1.21. The van der Waals surface area contributed by atoms with Gasteiger partial charge in [0.2, 0.25) is 0 Å². The Hall–Kier alpha value is -1.42. The molecule has 1 atom stereocenters. The van der Waals surface area contributed by atoms with Crippen molar-refractivity contribution in [3.05, 3.63) is 18.2 Å². The summed E-state index contributed by atoms with van der Waals surface area (Å²) >= 11 is 0. The molecule has 1 fully saturated rings. The molecule has 1 aliphatic heterocycles. The van der Waals surface area contributed by atoms with Gasteiger partial charge < -0.3 is 19.7 Å². The highest BCUT2D eigenvalue weighted by Gasteiger charge is 2.25. The van der Waals surface area contributed by atoms with Gasteiger partial charge in [-0.15, -0.1) is 0 Å². The first-order valence-electron chi connectivity index (χ1n) is 6.86. The molecule has 106 valence electrons. The molecule has 1 aromatic carbocycles. The lowest BCUT2D eigenvalue weighted by Gasteiger charge is -2.40. The van der Waals surface area contributed by atoms with Crippen molar-refractivity contribution < 1.29 is 9.47 Å². The van der Waals surface area contributed by atoms with Gasteiger partial charge in [0.25, 0.3) is 0 Å². The summed E-state index contributed by atoms with van der Waals surface area (Å²) in [7, 11) is 3.35. The van der Waals surface area contributed by atoms with Crippen LogP contribution in [0.2, 0.25) is 0 Å². The number of hydrogen-bond donors (Lipinski definition) is 1. The first kappa shape index (κ1) is 14.0. The van der Waals surface area contributed by atoms with Gasteiger partial charge in [0.15, 0.2) is 11.5 Å². The summed E-state index contributed by atoms with van der Waals surface area (Å²) in [4.78, 5) is 2.46.